The van der Waals surface area contributed by atoms with Crippen LogP contribution in [0.4, 0.5) is 5.69 Å². The Morgan fingerprint density at radius 2 is 1.81 bits per heavy atom. The van der Waals surface area contributed by atoms with Gasteiger partial charge < -0.3 is 19.8 Å². The predicted octanol–water partition coefficient (Wildman–Crippen LogP) is 3.51. The fourth-order valence-corrected chi connectivity index (χ4v) is 2.82. The first-order valence-corrected chi connectivity index (χ1v) is 8.35. The largest absolute Gasteiger partial charge is 0.493 e. The van der Waals surface area contributed by atoms with Crippen LogP contribution in [0.3, 0.4) is 0 Å². The highest BCUT2D eigenvalue weighted by Crippen LogP contribution is 2.28. The molecule has 0 spiro atoms. The summed E-state index contributed by atoms with van der Waals surface area (Å²) in [5.41, 5.74) is 2.81. The third kappa shape index (κ3) is 4.17. The fraction of sp³-hybridized carbons (Fsp3) is 0.143. The summed E-state index contributed by atoms with van der Waals surface area (Å²) in [4.78, 5) is 26.6. The quantitative estimate of drug-likeness (QED) is 0.679. The van der Waals surface area contributed by atoms with Gasteiger partial charge in [0.1, 0.15) is 0 Å². The van der Waals surface area contributed by atoms with Crippen molar-refractivity contribution in [1.29, 1.82) is 0 Å². The smallest absolute Gasteiger partial charge is 0.248 e. The van der Waals surface area contributed by atoms with Crippen molar-refractivity contribution in [1.82, 2.24) is 4.98 Å². The first kappa shape index (κ1) is 18.3. The zero-order valence-electron chi connectivity index (χ0n) is 15.3. The fourth-order valence-electron chi connectivity index (χ4n) is 2.82. The monoisotopic (exact) mass is 364 g/mol. The van der Waals surface area contributed by atoms with Crippen LogP contribution in [0.15, 0.2) is 53.3 Å². The molecule has 3 aromatic rings. The minimum atomic E-state index is -0.279. The van der Waals surface area contributed by atoms with Gasteiger partial charge in [-0.05, 0) is 48.4 Å². The molecular formula is C21H20N2O4. The number of aromatic nitrogens is 1. The third-order valence-electron chi connectivity index (χ3n) is 4.15. The average Bonchev–Trinajstić information content (AvgIpc) is 2.65. The van der Waals surface area contributed by atoms with E-state index in [4.69, 9.17) is 9.47 Å². The highest BCUT2D eigenvalue weighted by Gasteiger charge is 2.05. The number of nitrogens with one attached hydrogen (secondary N) is 2. The van der Waals surface area contributed by atoms with Gasteiger partial charge in [0.15, 0.2) is 11.5 Å². The lowest BCUT2D eigenvalue weighted by molar-refractivity contribution is -0.111. The van der Waals surface area contributed by atoms with Crippen molar-refractivity contribution in [2.75, 3.05) is 19.5 Å². The molecule has 6 nitrogen and oxygen atoms in total. The summed E-state index contributed by atoms with van der Waals surface area (Å²) in [6.07, 6.45) is 3.12. The van der Waals surface area contributed by atoms with Gasteiger partial charge in [0.2, 0.25) is 11.5 Å². The molecule has 0 bridgehead atoms. The summed E-state index contributed by atoms with van der Waals surface area (Å²) in [6, 6.07) is 12.3. The maximum atomic E-state index is 12.2. The Morgan fingerprint density at radius 1 is 1.04 bits per heavy atom. The summed E-state index contributed by atoms with van der Waals surface area (Å²) >= 11 is 0. The van der Waals surface area contributed by atoms with Gasteiger partial charge in [-0.3, -0.25) is 9.59 Å². The van der Waals surface area contributed by atoms with Gasteiger partial charge in [-0.25, -0.2) is 0 Å². The molecule has 2 aromatic carbocycles. The lowest BCUT2D eigenvalue weighted by Gasteiger charge is -2.08. The van der Waals surface area contributed by atoms with Gasteiger partial charge in [0.05, 0.1) is 19.7 Å². The topological polar surface area (TPSA) is 80.4 Å². The summed E-state index contributed by atoms with van der Waals surface area (Å²) in [6.45, 7) is 1.88. The van der Waals surface area contributed by atoms with Crippen molar-refractivity contribution >= 4 is 28.6 Å². The lowest BCUT2D eigenvalue weighted by Crippen LogP contribution is -2.09. The van der Waals surface area contributed by atoms with Gasteiger partial charge in [-0.15, -0.1) is 0 Å². The molecule has 1 aromatic heterocycles. The number of hydrogen-bond acceptors (Lipinski definition) is 4. The van der Waals surface area contributed by atoms with Crippen LogP contribution in [0.2, 0.25) is 0 Å². The van der Waals surface area contributed by atoms with Gasteiger partial charge in [-0.1, -0.05) is 12.1 Å². The number of anilines is 1. The van der Waals surface area contributed by atoms with E-state index in [1.165, 1.54) is 6.08 Å². The van der Waals surface area contributed by atoms with E-state index in [1.807, 2.05) is 19.1 Å². The van der Waals surface area contributed by atoms with E-state index in [-0.39, 0.29) is 11.5 Å². The summed E-state index contributed by atoms with van der Waals surface area (Å²) in [5, 5.41) is 3.73. The number of amides is 1. The summed E-state index contributed by atoms with van der Waals surface area (Å²) < 4.78 is 10.4. The Hall–Kier alpha value is -3.54. The highest BCUT2D eigenvalue weighted by atomic mass is 16.5. The molecule has 0 aliphatic heterocycles. The summed E-state index contributed by atoms with van der Waals surface area (Å²) in [7, 11) is 3.13. The average molecular weight is 364 g/mol. The van der Waals surface area contributed by atoms with Gasteiger partial charge in [0.25, 0.3) is 0 Å². The molecule has 1 amide bonds. The molecule has 3 rings (SSSR count). The van der Waals surface area contributed by atoms with Crippen LogP contribution >= 0.6 is 0 Å². The molecule has 0 saturated heterocycles. The zero-order valence-corrected chi connectivity index (χ0v) is 15.3. The van der Waals surface area contributed by atoms with Crippen molar-refractivity contribution < 1.29 is 14.3 Å². The number of fused-ring (bicyclic) bond motifs is 1. The molecule has 2 N–H and O–H groups in total. The van der Waals surface area contributed by atoms with E-state index >= 15 is 0 Å². The predicted molar refractivity (Wildman–Crippen MR) is 107 cm³/mol. The maximum absolute atomic E-state index is 12.2. The van der Waals surface area contributed by atoms with E-state index in [9.17, 15) is 9.59 Å². The molecule has 0 aliphatic carbocycles. The molecule has 0 radical (unpaired) electrons. The Labute approximate surface area is 156 Å². The Bertz CT molecular complexity index is 1080. The number of ether oxygens (including phenoxy) is 2. The lowest BCUT2D eigenvalue weighted by atomic mass is 10.1. The van der Waals surface area contributed by atoms with Crippen molar-refractivity contribution in [3.05, 3.63) is 70.0 Å². The third-order valence-corrected chi connectivity index (χ3v) is 4.15. The molecule has 0 saturated carbocycles. The standard InChI is InChI=1S/C21H20N2O4/c1-13-10-21(25)23-17-12-15(6-7-16(13)17)22-20(24)9-5-14-4-8-18(26-2)19(11-14)27-3/h4-12H,1-3H3,(H,22,24)(H,23,25)/b9-5-. The number of carbonyl (C=O) groups excluding carboxylic acids is 1. The van der Waals surface area contributed by atoms with Gasteiger partial charge in [0, 0.05) is 23.2 Å². The SMILES string of the molecule is COc1ccc(/C=C\C(=O)Nc2ccc3c(C)cc(=O)[nH]c3c2)cc1OC. The van der Waals surface area contributed by atoms with E-state index < -0.39 is 0 Å². The first-order valence-electron chi connectivity index (χ1n) is 8.35. The molecule has 0 unspecified atom stereocenters. The van der Waals surface area contributed by atoms with E-state index in [0.717, 1.165) is 16.5 Å². The van der Waals surface area contributed by atoms with Gasteiger partial charge >= 0.3 is 0 Å². The van der Waals surface area contributed by atoms with E-state index in [2.05, 4.69) is 10.3 Å². The number of pyridine rings is 1. The van der Waals surface area contributed by atoms with Crippen molar-refractivity contribution in [3.63, 3.8) is 0 Å². The van der Waals surface area contributed by atoms with Crippen LogP contribution in [-0.2, 0) is 4.79 Å². The zero-order chi connectivity index (χ0) is 19.4. The van der Waals surface area contributed by atoms with Crippen LogP contribution in [0, 0.1) is 6.92 Å². The van der Waals surface area contributed by atoms with Crippen LogP contribution in [0.1, 0.15) is 11.1 Å². The Morgan fingerprint density at radius 3 is 2.56 bits per heavy atom. The first-order chi connectivity index (χ1) is 13.0. The second-order valence-corrected chi connectivity index (χ2v) is 6.01. The van der Waals surface area contributed by atoms with Crippen LogP contribution in [-0.4, -0.2) is 25.1 Å². The molecule has 0 atom stereocenters. The van der Waals surface area contributed by atoms with Crippen molar-refractivity contribution in [2.45, 2.75) is 6.92 Å². The number of carbonyl (C=O) groups is 1. The molecule has 6 heteroatoms. The highest BCUT2D eigenvalue weighted by molar-refractivity contribution is 6.03. The molecule has 0 fully saturated rings. The number of benzene rings is 2. The summed E-state index contributed by atoms with van der Waals surface area (Å²) in [5.74, 6) is 0.938. The Kier molecular flexibility index (Phi) is 5.26. The second kappa shape index (κ2) is 7.78. The van der Waals surface area contributed by atoms with Crippen LogP contribution in [0.25, 0.3) is 17.0 Å². The van der Waals surface area contributed by atoms with Crippen molar-refractivity contribution in [2.24, 2.45) is 0 Å². The maximum Gasteiger partial charge on any atom is 0.248 e. The van der Waals surface area contributed by atoms with Crippen LogP contribution in [0.5, 0.6) is 11.5 Å². The number of hydrogen-bond donors (Lipinski definition) is 2. The molecular weight excluding hydrogens is 344 g/mol. The Balaban J connectivity index is 1.76. The molecule has 0 aliphatic rings. The minimum Gasteiger partial charge on any atom is -0.493 e. The van der Waals surface area contributed by atoms with Crippen LogP contribution < -0.4 is 20.3 Å². The number of H-pyrrole nitrogens is 1. The number of rotatable bonds is 5. The van der Waals surface area contributed by atoms with E-state index in [0.29, 0.717) is 22.7 Å². The number of aromatic amines is 1. The normalized spacial score (nSPS) is 10.9. The van der Waals surface area contributed by atoms with E-state index in [1.54, 1.807) is 50.6 Å². The molecule has 1 heterocycles. The van der Waals surface area contributed by atoms with Gasteiger partial charge in [-0.2, -0.15) is 0 Å². The van der Waals surface area contributed by atoms with Crippen molar-refractivity contribution in [3.8, 4) is 11.5 Å². The minimum absolute atomic E-state index is 0.170. The number of aryl methyl sites for hydroxylation is 1. The number of methoxy groups -OCH3 is 2. The second-order valence-electron chi connectivity index (χ2n) is 6.01. The molecule has 138 valence electrons. The molecule has 27 heavy (non-hydrogen) atoms.